The molecule has 0 spiro atoms. The Labute approximate surface area is 130 Å². The summed E-state index contributed by atoms with van der Waals surface area (Å²) in [5, 5.41) is 10.4. The van der Waals surface area contributed by atoms with E-state index in [1.165, 1.54) is 25.3 Å². The molecule has 2 aromatic rings. The second-order valence-corrected chi connectivity index (χ2v) is 5.68. The van der Waals surface area contributed by atoms with Crippen LogP contribution in [0.5, 0.6) is 5.75 Å². The fraction of sp³-hybridized carbons (Fsp3) is 0.200. The summed E-state index contributed by atoms with van der Waals surface area (Å²) < 4.78 is 19.3. The molecule has 0 bridgehead atoms. The molecule has 0 saturated heterocycles. The van der Waals surface area contributed by atoms with Gasteiger partial charge in [0.1, 0.15) is 17.7 Å². The number of ether oxygens (including phenoxy) is 1. The molecule has 0 aliphatic heterocycles. The predicted molar refractivity (Wildman–Crippen MR) is 80.9 cm³/mol. The largest absolute Gasteiger partial charge is 0.496 e. The molecule has 0 fully saturated rings. The van der Waals surface area contributed by atoms with Gasteiger partial charge in [0.25, 0.3) is 0 Å². The third-order valence-corrected chi connectivity index (χ3v) is 4.21. The Morgan fingerprint density at radius 3 is 2.60 bits per heavy atom. The van der Waals surface area contributed by atoms with Gasteiger partial charge in [-0.15, -0.1) is 0 Å². The van der Waals surface area contributed by atoms with E-state index in [9.17, 15) is 9.50 Å². The van der Waals surface area contributed by atoms with E-state index in [0.29, 0.717) is 16.9 Å². The van der Waals surface area contributed by atoms with Crippen molar-refractivity contribution < 1.29 is 14.2 Å². The molecule has 0 amide bonds. The fourth-order valence-corrected chi connectivity index (χ4v) is 2.47. The molecule has 106 valence electrons. The number of rotatable bonds is 3. The molecule has 5 heteroatoms. The normalized spacial score (nSPS) is 12.3. The zero-order valence-electron chi connectivity index (χ0n) is 11.0. The van der Waals surface area contributed by atoms with Crippen molar-refractivity contribution in [1.29, 1.82) is 0 Å². The van der Waals surface area contributed by atoms with Crippen molar-refractivity contribution in [2.45, 2.75) is 13.0 Å². The second kappa shape index (κ2) is 6.12. The molecule has 1 unspecified atom stereocenters. The third-order valence-electron chi connectivity index (χ3n) is 3.06. The lowest BCUT2D eigenvalue weighted by Gasteiger charge is -2.17. The summed E-state index contributed by atoms with van der Waals surface area (Å²) in [7, 11) is 1.54. The molecule has 0 aromatic heterocycles. The fourth-order valence-electron chi connectivity index (χ4n) is 1.92. The Morgan fingerprint density at radius 1 is 1.30 bits per heavy atom. The van der Waals surface area contributed by atoms with Gasteiger partial charge in [-0.3, -0.25) is 0 Å². The van der Waals surface area contributed by atoms with Crippen LogP contribution in [0.1, 0.15) is 22.8 Å². The highest BCUT2D eigenvalue weighted by atomic mass is 79.9. The van der Waals surface area contributed by atoms with Crippen molar-refractivity contribution in [1.82, 2.24) is 0 Å². The van der Waals surface area contributed by atoms with E-state index in [0.717, 1.165) is 10.0 Å². The van der Waals surface area contributed by atoms with Crippen molar-refractivity contribution in [3.05, 3.63) is 62.3 Å². The van der Waals surface area contributed by atoms with E-state index in [-0.39, 0.29) is 5.02 Å². The van der Waals surface area contributed by atoms with Gasteiger partial charge in [-0.2, -0.15) is 0 Å². The van der Waals surface area contributed by atoms with E-state index in [2.05, 4.69) is 15.9 Å². The van der Waals surface area contributed by atoms with Crippen molar-refractivity contribution in [2.24, 2.45) is 0 Å². The Bertz CT molecular complexity index is 646. The van der Waals surface area contributed by atoms with Crippen molar-refractivity contribution in [3.8, 4) is 5.75 Å². The van der Waals surface area contributed by atoms with Crippen LogP contribution in [0, 0.1) is 12.7 Å². The molecule has 0 aliphatic carbocycles. The van der Waals surface area contributed by atoms with Crippen molar-refractivity contribution >= 4 is 27.5 Å². The maximum absolute atomic E-state index is 13.2. The summed E-state index contributed by atoms with van der Waals surface area (Å²) in [5.41, 5.74) is 2.09. The first kappa shape index (κ1) is 15.3. The molecule has 0 heterocycles. The highest BCUT2D eigenvalue weighted by Crippen LogP contribution is 2.35. The maximum atomic E-state index is 13.2. The molecule has 2 rings (SSSR count). The number of methoxy groups -OCH3 is 1. The van der Waals surface area contributed by atoms with E-state index in [4.69, 9.17) is 16.3 Å². The maximum Gasteiger partial charge on any atom is 0.141 e. The molecular weight excluding hydrogens is 347 g/mol. The van der Waals surface area contributed by atoms with Crippen LogP contribution < -0.4 is 4.74 Å². The first-order chi connectivity index (χ1) is 9.43. The minimum atomic E-state index is -0.944. The molecule has 1 atom stereocenters. The van der Waals surface area contributed by atoms with Crippen LogP contribution in [0.3, 0.4) is 0 Å². The Hall–Kier alpha value is -1.10. The van der Waals surface area contributed by atoms with Gasteiger partial charge in [0, 0.05) is 10.0 Å². The summed E-state index contributed by atoms with van der Waals surface area (Å²) in [5.74, 6) is 0.0540. The molecule has 2 aromatic carbocycles. The first-order valence-corrected chi connectivity index (χ1v) is 7.08. The zero-order chi connectivity index (χ0) is 14.9. The number of benzene rings is 2. The number of aliphatic hydroxyl groups is 1. The SMILES string of the molecule is COc1cc(C)c(Br)cc1C(O)c1ccc(F)c(Cl)c1. The van der Waals surface area contributed by atoms with Crippen molar-refractivity contribution in [2.75, 3.05) is 7.11 Å². The van der Waals surface area contributed by atoms with E-state index < -0.39 is 11.9 Å². The average Bonchev–Trinajstić information content (AvgIpc) is 2.43. The van der Waals surface area contributed by atoms with E-state index >= 15 is 0 Å². The van der Waals surface area contributed by atoms with E-state index in [1.54, 1.807) is 6.07 Å². The van der Waals surface area contributed by atoms with Gasteiger partial charge in [0.15, 0.2) is 0 Å². The number of aryl methyl sites for hydroxylation is 1. The highest BCUT2D eigenvalue weighted by Gasteiger charge is 2.18. The average molecular weight is 360 g/mol. The van der Waals surface area contributed by atoms with Crippen LogP contribution in [0.4, 0.5) is 4.39 Å². The quantitative estimate of drug-likeness (QED) is 0.865. The zero-order valence-corrected chi connectivity index (χ0v) is 13.3. The smallest absolute Gasteiger partial charge is 0.141 e. The van der Waals surface area contributed by atoms with Gasteiger partial charge in [-0.1, -0.05) is 33.6 Å². The van der Waals surface area contributed by atoms with Gasteiger partial charge >= 0.3 is 0 Å². The molecule has 1 N–H and O–H groups in total. The van der Waals surface area contributed by atoms with Gasteiger partial charge < -0.3 is 9.84 Å². The molecule has 20 heavy (non-hydrogen) atoms. The van der Waals surface area contributed by atoms with Gasteiger partial charge in [-0.05, 0) is 42.3 Å². The van der Waals surface area contributed by atoms with Gasteiger partial charge in [-0.25, -0.2) is 4.39 Å². The molecule has 2 nitrogen and oxygen atoms in total. The Morgan fingerprint density at radius 2 is 2.00 bits per heavy atom. The summed E-state index contributed by atoms with van der Waals surface area (Å²) >= 11 is 9.17. The minimum Gasteiger partial charge on any atom is -0.496 e. The van der Waals surface area contributed by atoms with Gasteiger partial charge in [0.05, 0.1) is 12.1 Å². The van der Waals surface area contributed by atoms with Crippen LogP contribution in [0.25, 0.3) is 0 Å². The number of halogens is 3. The predicted octanol–water partition coefficient (Wildman–Crippen LogP) is 4.64. The summed E-state index contributed by atoms with van der Waals surface area (Å²) in [4.78, 5) is 0. The molecular formula is C15H13BrClFO2. The second-order valence-electron chi connectivity index (χ2n) is 4.42. The third kappa shape index (κ3) is 2.97. The summed E-state index contributed by atoms with van der Waals surface area (Å²) in [6.45, 7) is 1.93. The highest BCUT2D eigenvalue weighted by molar-refractivity contribution is 9.10. The van der Waals surface area contributed by atoms with Crippen LogP contribution in [-0.2, 0) is 0 Å². The van der Waals surface area contributed by atoms with Crippen LogP contribution in [0.15, 0.2) is 34.8 Å². The monoisotopic (exact) mass is 358 g/mol. The Kier molecular flexibility index (Phi) is 4.68. The topological polar surface area (TPSA) is 29.5 Å². The lowest BCUT2D eigenvalue weighted by molar-refractivity contribution is 0.214. The molecule has 0 saturated carbocycles. The molecule has 0 aliphatic rings. The Balaban J connectivity index is 2.49. The van der Waals surface area contributed by atoms with Gasteiger partial charge in [0.2, 0.25) is 0 Å². The molecule has 0 radical (unpaired) electrons. The lowest BCUT2D eigenvalue weighted by Crippen LogP contribution is -2.03. The number of aliphatic hydroxyl groups excluding tert-OH is 1. The van der Waals surface area contributed by atoms with Crippen LogP contribution in [-0.4, -0.2) is 12.2 Å². The van der Waals surface area contributed by atoms with Crippen molar-refractivity contribution in [3.63, 3.8) is 0 Å². The summed E-state index contributed by atoms with van der Waals surface area (Å²) in [6, 6.07) is 7.76. The lowest BCUT2D eigenvalue weighted by atomic mass is 9.99. The van der Waals surface area contributed by atoms with Crippen LogP contribution >= 0.6 is 27.5 Å². The first-order valence-electron chi connectivity index (χ1n) is 5.91. The van der Waals surface area contributed by atoms with E-state index in [1.807, 2.05) is 13.0 Å². The summed E-state index contributed by atoms with van der Waals surface area (Å²) in [6.07, 6.45) is -0.944. The number of hydrogen-bond donors (Lipinski definition) is 1. The van der Waals surface area contributed by atoms with Crippen LogP contribution in [0.2, 0.25) is 5.02 Å². The standard InChI is InChI=1S/C15H13BrClFO2/c1-8-5-14(20-2)10(7-11(8)16)15(19)9-3-4-13(18)12(17)6-9/h3-7,15,19H,1-2H3. The number of hydrogen-bond acceptors (Lipinski definition) is 2. The minimum absolute atomic E-state index is 0.0216.